The van der Waals surface area contributed by atoms with Crippen LogP contribution in [-0.4, -0.2) is 42.9 Å². The molecular weight excluding hydrogens is 362 g/mol. The summed E-state index contributed by atoms with van der Waals surface area (Å²) in [6.07, 6.45) is 0. The number of hydrogen-bond donors (Lipinski definition) is 1. The maximum absolute atomic E-state index is 12.7. The molecule has 3 aromatic rings. The van der Waals surface area contributed by atoms with Gasteiger partial charge in [0.05, 0.1) is 18.2 Å². The van der Waals surface area contributed by atoms with Crippen LogP contribution in [0.5, 0.6) is 5.75 Å². The number of piperazine rings is 1. The van der Waals surface area contributed by atoms with Gasteiger partial charge in [0, 0.05) is 31.1 Å². The highest BCUT2D eigenvalue weighted by molar-refractivity contribution is 7.18. The van der Waals surface area contributed by atoms with Crippen LogP contribution in [0.4, 0.5) is 11.6 Å². The summed E-state index contributed by atoms with van der Waals surface area (Å²) in [5, 5.41) is 0.636. The normalized spacial score (nSPS) is 14.8. The molecule has 8 heteroatoms. The number of nitrogens with two attached hydrogens (primary N) is 1. The van der Waals surface area contributed by atoms with Crippen molar-refractivity contribution in [1.29, 1.82) is 0 Å². The molecular formula is C19H23N5O2S. The lowest BCUT2D eigenvalue weighted by Gasteiger charge is -2.37. The fourth-order valence-electron chi connectivity index (χ4n) is 3.56. The van der Waals surface area contributed by atoms with Crippen LogP contribution in [0.25, 0.3) is 10.2 Å². The van der Waals surface area contributed by atoms with E-state index in [0.29, 0.717) is 11.3 Å². The summed E-state index contributed by atoms with van der Waals surface area (Å²) < 4.78 is 6.67. The molecule has 0 bridgehead atoms. The molecule has 0 aliphatic carbocycles. The van der Waals surface area contributed by atoms with Crippen molar-refractivity contribution in [2.24, 2.45) is 0 Å². The summed E-state index contributed by atoms with van der Waals surface area (Å²) >= 11 is 1.55. The second kappa shape index (κ2) is 6.77. The van der Waals surface area contributed by atoms with Crippen molar-refractivity contribution < 1.29 is 4.74 Å². The highest BCUT2D eigenvalue weighted by Crippen LogP contribution is 2.30. The molecule has 0 saturated carbocycles. The Hall–Kier alpha value is -2.74. The SMILES string of the molecule is COc1ccccc1N1CCN(c2nc3sc(C)c(C)c3c(=O)n2N)CC1. The molecule has 7 nitrogen and oxygen atoms in total. The lowest BCUT2D eigenvalue weighted by Crippen LogP contribution is -2.49. The molecule has 2 aromatic heterocycles. The Balaban J connectivity index is 1.62. The minimum absolute atomic E-state index is 0.177. The fourth-order valence-corrected chi connectivity index (χ4v) is 4.57. The van der Waals surface area contributed by atoms with E-state index in [1.807, 2.05) is 32.0 Å². The van der Waals surface area contributed by atoms with E-state index >= 15 is 0 Å². The highest BCUT2D eigenvalue weighted by Gasteiger charge is 2.24. The van der Waals surface area contributed by atoms with Crippen LogP contribution in [0.2, 0.25) is 0 Å². The van der Waals surface area contributed by atoms with Crippen molar-refractivity contribution in [3.05, 3.63) is 45.1 Å². The summed E-state index contributed by atoms with van der Waals surface area (Å²) in [6, 6.07) is 8.01. The maximum atomic E-state index is 12.7. The second-order valence-electron chi connectivity index (χ2n) is 6.70. The van der Waals surface area contributed by atoms with Gasteiger partial charge in [0.1, 0.15) is 10.6 Å². The molecule has 3 heterocycles. The molecule has 2 N–H and O–H groups in total. The van der Waals surface area contributed by atoms with Gasteiger partial charge in [-0.2, -0.15) is 4.68 Å². The Kier molecular flexibility index (Phi) is 4.43. The van der Waals surface area contributed by atoms with Crippen LogP contribution >= 0.6 is 11.3 Å². The first-order valence-corrected chi connectivity index (χ1v) is 9.73. The van der Waals surface area contributed by atoms with Gasteiger partial charge in [0.15, 0.2) is 0 Å². The summed E-state index contributed by atoms with van der Waals surface area (Å²) in [7, 11) is 1.69. The largest absolute Gasteiger partial charge is 0.495 e. The molecule has 142 valence electrons. The van der Waals surface area contributed by atoms with E-state index in [-0.39, 0.29) is 5.56 Å². The summed E-state index contributed by atoms with van der Waals surface area (Å²) in [5.41, 5.74) is 1.88. The zero-order chi connectivity index (χ0) is 19.1. The van der Waals surface area contributed by atoms with Crippen LogP contribution in [-0.2, 0) is 0 Å². The first kappa shape index (κ1) is 17.7. The van der Waals surface area contributed by atoms with Gasteiger partial charge in [-0.25, -0.2) is 4.98 Å². The number of aromatic nitrogens is 2. The van der Waals surface area contributed by atoms with Gasteiger partial charge in [0.25, 0.3) is 5.56 Å². The van der Waals surface area contributed by atoms with E-state index in [0.717, 1.165) is 52.9 Å². The summed E-state index contributed by atoms with van der Waals surface area (Å²) in [5.74, 6) is 7.52. The van der Waals surface area contributed by atoms with E-state index in [1.54, 1.807) is 18.4 Å². The summed E-state index contributed by atoms with van der Waals surface area (Å²) in [6.45, 7) is 7.03. The fraction of sp³-hybridized carbons (Fsp3) is 0.368. The molecule has 27 heavy (non-hydrogen) atoms. The number of methoxy groups -OCH3 is 1. The predicted molar refractivity (Wildman–Crippen MR) is 111 cm³/mol. The van der Waals surface area contributed by atoms with Gasteiger partial charge in [-0.15, -0.1) is 11.3 Å². The number of rotatable bonds is 3. The van der Waals surface area contributed by atoms with Crippen LogP contribution in [0.15, 0.2) is 29.1 Å². The molecule has 0 atom stereocenters. The molecule has 1 aliphatic rings. The van der Waals surface area contributed by atoms with Gasteiger partial charge in [-0.05, 0) is 31.5 Å². The number of nitrogens with zero attached hydrogens (tertiary/aromatic N) is 4. The second-order valence-corrected chi connectivity index (χ2v) is 7.90. The van der Waals surface area contributed by atoms with Crippen LogP contribution in [0.1, 0.15) is 10.4 Å². The van der Waals surface area contributed by atoms with Gasteiger partial charge in [-0.3, -0.25) is 4.79 Å². The van der Waals surface area contributed by atoms with E-state index in [9.17, 15) is 4.79 Å². The lowest BCUT2D eigenvalue weighted by molar-refractivity contribution is 0.413. The van der Waals surface area contributed by atoms with Crippen molar-refractivity contribution in [3.63, 3.8) is 0 Å². The average Bonchev–Trinajstić information content (AvgIpc) is 2.98. The minimum Gasteiger partial charge on any atom is -0.495 e. The van der Waals surface area contributed by atoms with Gasteiger partial charge < -0.3 is 20.4 Å². The Labute approximate surface area is 161 Å². The first-order chi connectivity index (χ1) is 13.0. The Morgan fingerprint density at radius 3 is 2.48 bits per heavy atom. The van der Waals surface area contributed by atoms with Gasteiger partial charge in [0.2, 0.25) is 5.95 Å². The molecule has 0 spiro atoms. The number of nitrogen functional groups attached to an aromatic ring is 1. The third-order valence-electron chi connectivity index (χ3n) is 5.20. The lowest BCUT2D eigenvalue weighted by atomic mass is 10.2. The number of anilines is 2. The van der Waals surface area contributed by atoms with E-state index in [4.69, 9.17) is 15.6 Å². The van der Waals surface area contributed by atoms with Gasteiger partial charge in [-0.1, -0.05) is 12.1 Å². The molecule has 0 radical (unpaired) electrons. The zero-order valence-electron chi connectivity index (χ0n) is 15.7. The topological polar surface area (TPSA) is 76.6 Å². The third kappa shape index (κ3) is 2.90. The number of hydrogen-bond acceptors (Lipinski definition) is 7. The molecule has 1 saturated heterocycles. The molecule has 0 unspecified atom stereocenters. The number of ether oxygens (including phenoxy) is 1. The predicted octanol–water partition coefficient (Wildman–Crippen LogP) is 2.12. The first-order valence-electron chi connectivity index (χ1n) is 8.92. The van der Waals surface area contributed by atoms with Gasteiger partial charge >= 0.3 is 0 Å². The van der Waals surface area contributed by atoms with Crippen LogP contribution < -0.4 is 25.9 Å². The van der Waals surface area contributed by atoms with E-state index < -0.39 is 0 Å². The highest BCUT2D eigenvalue weighted by atomic mass is 32.1. The van der Waals surface area contributed by atoms with Crippen LogP contribution in [0, 0.1) is 13.8 Å². The standard InChI is InChI=1S/C19H23N5O2S/c1-12-13(2)27-17-16(12)18(25)24(20)19(21-17)23-10-8-22(9-11-23)14-6-4-5-7-15(14)26-3/h4-7H,8-11,20H2,1-3H3. The monoisotopic (exact) mass is 385 g/mol. The number of fused-ring (bicyclic) bond motifs is 1. The quantitative estimate of drug-likeness (QED) is 0.696. The molecule has 4 rings (SSSR count). The Morgan fingerprint density at radius 1 is 1.11 bits per heavy atom. The Bertz CT molecular complexity index is 1050. The molecule has 0 amide bonds. The maximum Gasteiger partial charge on any atom is 0.282 e. The van der Waals surface area contributed by atoms with Crippen molar-refractivity contribution in [2.75, 3.05) is 48.9 Å². The number of para-hydroxylation sites is 2. The van der Waals surface area contributed by atoms with Crippen molar-refractivity contribution in [3.8, 4) is 5.75 Å². The van der Waals surface area contributed by atoms with Crippen molar-refractivity contribution in [1.82, 2.24) is 9.66 Å². The van der Waals surface area contributed by atoms with E-state index in [1.165, 1.54) is 4.68 Å². The third-order valence-corrected chi connectivity index (χ3v) is 6.31. The molecule has 1 fully saturated rings. The van der Waals surface area contributed by atoms with Crippen LogP contribution in [0.3, 0.4) is 0 Å². The van der Waals surface area contributed by atoms with E-state index in [2.05, 4.69) is 15.9 Å². The Morgan fingerprint density at radius 2 is 1.78 bits per heavy atom. The average molecular weight is 385 g/mol. The number of aryl methyl sites for hydroxylation is 2. The smallest absolute Gasteiger partial charge is 0.282 e. The van der Waals surface area contributed by atoms with Crippen molar-refractivity contribution in [2.45, 2.75) is 13.8 Å². The number of benzene rings is 1. The summed E-state index contributed by atoms with van der Waals surface area (Å²) in [4.78, 5) is 23.7. The minimum atomic E-state index is -0.177. The van der Waals surface area contributed by atoms with Crippen molar-refractivity contribution >= 4 is 33.2 Å². The number of thiophene rings is 1. The zero-order valence-corrected chi connectivity index (χ0v) is 16.5. The molecule has 1 aliphatic heterocycles. The molecule has 1 aromatic carbocycles.